The van der Waals surface area contributed by atoms with Gasteiger partial charge in [0.05, 0.1) is 18.8 Å². The van der Waals surface area contributed by atoms with Gasteiger partial charge in [0, 0.05) is 13.0 Å². The third kappa shape index (κ3) is 5.55. The van der Waals surface area contributed by atoms with Crippen molar-refractivity contribution in [3.8, 4) is 0 Å². The van der Waals surface area contributed by atoms with E-state index < -0.39 is 43.2 Å². The molecule has 0 spiro atoms. The summed E-state index contributed by atoms with van der Waals surface area (Å²) < 4.78 is 0. The third-order valence-corrected chi connectivity index (χ3v) is 2.65. The van der Waals surface area contributed by atoms with E-state index in [1.807, 2.05) is 0 Å². The fourth-order valence-electron chi connectivity index (χ4n) is 1.45. The summed E-state index contributed by atoms with van der Waals surface area (Å²) in [5.74, 6) is 0. The zero-order valence-electron chi connectivity index (χ0n) is 9.87. The summed E-state index contributed by atoms with van der Waals surface area (Å²) >= 11 is 0. The molecule has 6 atom stereocenters. The highest BCUT2D eigenvalue weighted by atomic mass is 16.4. The van der Waals surface area contributed by atoms with Crippen molar-refractivity contribution in [2.45, 2.75) is 49.5 Å². The molecular formula is C10H22O8. The molecule has 0 bridgehead atoms. The predicted octanol–water partition coefficient (Wildman–Crippen LogP) is -4.08. The van der Waals surface area contributed by atoms with Crippen LogP contribution in [0.5, 0.6) is 0 Å². The highest BCUT2D eigenvalue weighted by Gasteiger charge is 2.34. The Morgan fingerprint density at radius 2 is 1.17 bits per heavy atom. The Morgan fingerprint density at radius 1 is 0.667 bits per heavy atom. The van der Waals surface area contributed by atoms with Gasteiger partial charge in [-0.25, -0.2) is 0 Å². The number of aliphatic hydroxyl groups excluding tert-OH is 8. The minimum atomic E-state index is -1.87. The van der Waals surface area contributed by atoms with Crippen LogP contribution in [0.25, 0.3) is 0 Å². The van der Waals surface area contributed by atoms with Gasteiger partial charge in [-0.05, 0) is 6.42 Å². The maximum absolute atomic E-state index is 9.49. The molecule has 0 saturated heterocycles. The largest absolute Gasteiger partial charge is 0.396 e. The highest BCUT2D eigenvalue weighted by molar-refractivity contribution is 4.85. The van der Waals surface area contributed by atoms with Gasteiger partial charge >= 0.3 is 0 Å². The monoisotopic (exact) mass is 270 g/mol. The van der Waals surface area contributed by atoms with E-state index in [9.17, 15) is 25.5 Å². The Bertz CT molecular complexity index is 214. The molecule has 2 unspecified atom stereocenters. The highest BCUT2D eigenvalue weighted by Crippen LogP contribution is 2.13. The first-order valence-electron chi connectivity index (χ1n) is 5.65. The van der Waals surface area contributed by atoms with Gasteiger partial charge in [-0.2, -0.15) is 0 Å². The quantitative estimate of drug-likeness (QED) is 0.210. The van der Waals surface area contributed by atoms with Crippen LogP contribution in [0.4, 0.5) is 0 Å². The van der Waals surface area contributed by atoms with Crippen LogP contribution in [0.15, 0.2) is 0 Å². The molecule has 0 aromatic heterocycles. The van der Waals surface area contributed by atoms with Gasteiger partial charge in [-0.3, -0.25) is 0 Å². The topological polar surface area (TPSA) is 162 Å². The SMILES string of the molecule is OCCC(O)CC(O)[C@@H](O)[C@@H](O)[C@H](O)[C@H](O)CO. The van der Waals surface area contributed by atoms with Crippen LogP contribution >= 0.6 is 0 Å². The molecule has 0 aromatic rings. The van der Waals surface area contributed by atoms with Gasteiger partial charge < -0.3 is 40.9 Å². The smallest absolute Gasteiger partial charge is 0.111 e. The fourth-order valence-corrected chi connectivity index (χ4v) is 1.45. The number of hydrogen-bond acceptors (Lipinski definition) is 8. The molecule has 0 saturated carbocycles. The van der Waals surface area contributed by atoms with Crippen molar-refractivity contribution in [1.29, 1.82) is 0 Å². The Labute approximate surface area is 104 Å². The zero-order chi connectivity index (χ0) is 14.3. The van der Waals surface area contributed by atoms with Gasteiger partial charge in [0.15, 0.2) is 0 Å². The van der Waals surface area contributed by atoms with Crippen LogP contribution in [0, 0.1) is 0 Å². The van der Waals surface area contributed by atoms with E-state index in [0.717, 1.165) is 0 Å². The van der Waals surface area contributed by atoms with Gasteiger partial charge in [0.1, 0.15) is 24.4 Å². The molecule has 0 aromatic carbocycles. The summed E-state index contributed by atoms with van der Waals surface area (Å²) in [6.45, 7) is -1.10. The van der Waals surface area contributed by atoms with Crippen LogP contribution in [-0.4, -0.2) is 90.7 Å². The van der Waals surface area contributed by atoms with Crippen molar-refractivity contribution in [3.63, 3.8) is 0 Å². The maximum Gasteiger partial charge on any atom is 0.111 e. The first kappa shape index (κ1) is 17.7. The standard InChI is InChI=1S/C10H22O8/c11-2-1-5(13)3-6(14)8(16)10(18)9(17)7(15)4-12/h5-18H,1-4H2/t5?,6?,7-,8-,9-,10-/m1/s1. The first-order valence-corrected chi connectivity index (χ1v) is 5.65. The molecule has 8 nitrogen and oxygen atoms in total. The van der Waals surface area contributed by atoms with E-state index in [-0.39, 0.29) is 19.4 Å². The van der Waals surface area contributed by atoms with Crippen LogP contribution in [0.2, 0.25) is 0 Å². The minimum Gasteiger partial charge on any atom is -0.396 e. The lowest BCUT2D eigenvalue weighted by atomic mass is 9.96. The average molecular weight is 270 g/mol. The molecule has 0 heterocycles. The molecule has 18 heavy (non-hydrogen) atoms. The molecule has 8 N–H and O–H groups in total. The van der Waals surface area contributed by atoms with E-state index in [1.165, 1.54) is 0 Å². The van der Waals surface area contributed by atoms with Crippen molar-refractivity contribution in [2.75, 3.05) is 13.2 Å². The molecule has 0 aliphatic carbocycles. The number of hydrogen-bond donors (Lipinski definition) is 8. The van der Waals surface area contributed by atoms with E-state index in [2.05, 4.69) is 0 Å². The molecule has 8 heteroatoms. The molecule has 0 aliphatic rings. The van der Waals surface area contributed by atoms with Crippen LogP contribution in [0.3, 0.4) is 0 Å². The lowest BCUT2D eigenvalue weighted by Gasteiger charge is -2.29. The molecule has 0 radical (unpaired) electrons. The summed E-state index contributed by atoms with van der Waals surface area (Å²) in [5, 5.41) is 73.2. The lowest BCUT2D eigenvalue weighted by molar-refractivity contribution is -0.144. The first-order chi connectivity index (χ1) is 8.34. The van der Waals surface area contributed by atoms with Crippen molar-refractivity contribution < 1.29 is 40.9 Å². The van der Waals surface area contributed by atoms with Crippen molar-refractivity contribution in [2.24, 2.45) is 0 Å². The molecule has 0 amide bonds. The number of rotatable bonds is 9. The molecular weight excluding hydrogens is 248 g/mol. The van der Waals surface area contributed by atoms with Crippen LogP contribution < -0.4 is 0 Å². The van der Waals surface area contributed by atoms with Gasteiger partial charge in [0.25, 0.3) is 0 Å². The van der Waals surface area contributed by atoms with Crippen LogP contribution in [0.1, 0.15) is 12.8 Å². The Morgan fingerprint density at radius 3 is 1.61 bits per heavy atom. The molecule has 110 valence electrons. The summed E-state index contributed by atoms with van der Waals surface area (Å²) in [5.41, 5.74) is 0. The predicted molar refractivity (Wildman–Crippen MR) is 59.4 cm³/mol. The molecule has 0 aliphatic heterocycles. The minimum absolute atomic E-state index is 0.00168. The molecule has 0 fully saturated rings. The normalized spacial score (nSPS) is 22.0. The van der Waals surface area contributed by atoms with Crippen molar-refractivity contribution in [3.05, 3.63) is 0 Å². The summed E-state index contributed by atoms with van der Waals surface area (Å²) in [7, 11) is 0. The lowest BCUT2D eigenvalue weighted by Crippen LogP contribution is -2.50. The summed E-state index contributed by atoms with van der Waals surface area (Å²) in [6.07, 6.45) is -10.0. The van der Waals surface area contributed by atoms with E-state index in [1.54, 1.807) is 0 Å². The van der Waals surface area contributed by atoms with Crippen LogP contribution in [-0.2, 0) is 0 Å². The Hall–Kier alpha value is -0.320. The van der Waals surface area contributed by atoms with Crippen molar-refractivity contribution >= 4 is 0 Å². The van der Waals surface area contributed by atoms with Gasteiger partial charge in [-0.15, -0.1) is 0 Å². The summed E-state index contributed by atoms with van der Waals surface area (Å²) in [4.78, 5) is 0. The maximum atomic E-state index is 9.49. The van der Waals surface area contributed by atoms with E-state index in [0.29, 0.717) is 0 Å². The Kier molecular flexibility index (Phi) is 8.57. The van der Waals surface area contributed by atoms with Gasteiger partial charge in [0.2, 0.25) is 0 Å². The van der Waals surface area contributed by atoms with Gasteiger partial charge in [-0.1, -0.05) is 0 Å². The van der Waals surface area contributed by atoms with E-state index in [4.69, 9.17) is 15.3 Å². The Balaban J connectivity index is 4.30. The summed E-state index contributed by atoms with van der Waals surface area (Å²) in [6, 6.07) is 0. The third-order valence-electron chi connectivity index (χ3n) is 2.65. The zero-order valence-corrected chi connectivity index (χ0v) is 9.87. The second-order valence-electron chi connectivity index (χ2n) is 4.19. The van der Waals surface area contributed by atoms with E-state index >= 15 is 0 Å². The second-order valence-corrected chi connectivity index (χ2v) is 4.19. The second kappa shape index (κ2) is 8.73. The van der Waals surface area contributed by atoms with Crippen molar-refractivity contribution in [1.82, 2.24) is 0 Å². The fraction of sp³-hybridized carbons (Fsp3) is 1.00. The number of aliphatic hydroxyl groups is 8. The molecule has 0 rings (SSSR count). The average Bonchev–Trinajstić information content (AvgIpc) is 2.35.